The van der Waals surface area contributed by atoms with Gasteiger partial charge in [-0.1, -0.05) is 0 Å². The van der Waals surface area contributed by atoms with Crippen molar-refractivity contribution in [3.8, 4) is 17.0 Å². The Morgan fingerprint density at radius 2 is 2.00 bits per heavy atom. The molecule has 1 aliphatic heterocycles. The fourth-order valence-corrected chi connectivity index (χ4v) is 3.54. The van der Waals surface area contributed by atoms with E-state index in [1.54, 1.807) is 26.2 Å². The molecule has 1 aromatic heterocycles. The summed E-state index contributed by atoms with van der Waals surface area (Å²) in [5, 5.41) is 2.51. The number of esters is 1. The predicted molar refractivity (Wildman–Crippen MR) is 102 cm³/mol. The van der Waals surface area contributed by atoms with E-state index in [0.29, 0.717) is 32.0 Å². The smallest absolute Gasteiger partial charge is 0.344 e. The molecule has 1 saturated heterocycles. The second-order valence-corrected chi connectivity index (χ2v) is 8.06. The minimum Gasteiger partial charge on any atom is -0.478 e. The van der Waals surface area contributed by atoms with Crippen LogP contribution in [-0.2, 0) is 14.3 Å². The number of anilines is 1. The van der Waals surface area contributed by atoms with E-state index < -0.39 is 29.8 Å². The summed E-state index contributed by atoms with van der Waals surface area (Å²) < 4.78 is 43.9. The molecular formula is C19H22F2N2O4S. The van der Waals surface area contributed by atoms with Crippen LogP contribution in [-0.4, -0.2) is 49.5 Å². The number of thiazole rings is 1. The molecule has 1 fully saturated rings. The number of hydrogen-bond donors (Lipinski definition) is 0. The Kier molecular flexibility index (Phi) is 6.14. The van der Waals surface area contributed by atoms with Gasteiger partial charge in [-0.15, -0.1) is 11.3 Å². The fraction of sp³-hybridized carbons (Fsp3) is 0.474. The molecule has 0 N–H and O–H groups in total. The molecule has 1 aromatic carbocycles. The van der Waals surface area contributed by atoms with E-state index in [2.05, 4.69) is 9.88 Å². The summed E-state index contributed by atoms with van der Waals surface area (Å²) >= 11 is 1.40. The SMILES string of the molecule is CC(C)(C)OC(=O)COc1c(-c2csc(N3CCOCC3)n2)ccc(F)c1F. The normalized spacial score (nSPS) is 14.8. The van der Waals surface area contributed by atoms with Crippen molar-refractivity contribution in [3.05, 3.63) is 29.1 Å². The van der Waals surface area contributed by atoms with Gasteiger partial charge in [-0.25, -0.2) is 14.2 Å². The first-order chi connectivity index (χ1) is 13.2. The first kappa shape index (κ1) is 20.5. The Bertz CT molecular complexity index is 845. The zero-order valence-corrected chi connectivity index (χ0v) is 16.8. The highest BCUT2D eigenvalue weighted by atomic mass is 32.1. The van der Waals surface area contributed by atoms with E-state index in [4.69, 9.17) is 14.2 Å². The highest BCUT2D eigenvalue weighted by molar-refractivity contribution is 7.14. The van der Waals surface area contributed by atoms with Crippen LogP contribution in [0.15, 0.2) is 17.5 Å². The number of rotatable bonds is 5. The van der Waals surface area contributed by atoms with Crippen molar-refractivity contribution in [2.75, 3.05) is 37.8 Å². The largest absolute Gasteiger partial charge is 0.478 e. The van der Waals surface area contributed by atoms with Crippen molar-refractivity contribution in [3.63, 3.8) is 0 Å². The highest BCUT2D eigenvalue weighted by Gasteiger charge is 2.23. The molecule has 0 spiro atoms. The van der Waals surface area contributed by atoms with Crippen molar-refractivity contribution in [2.24, 2.45) is 0 Å². The number of ether oxygens (including phenoxy) is 3. The van der Waals surface area contributed by atoms with Crippen molar-refractivity contribution < 1.29 is 27.8 Å². The van der Waals surface area contributed by atoms with E-state index in [9.17, 15) is 13.6 Å². The van der Waals surface area contributed by atoms with E-state index in [1.165, 1.54) is 17.4 Å². The molecule has 0 bridgehead atoms. The van der Waals surface area contributed by atoms with Crippen LogP contribution in [0.5, 0.6) is 5.75 Å². The van der Waals surface area contributed by atoms with Gasteiger partial charge < -0.3 is 19.1 Å². The third-order valence-electron chi connectivity index (χ3n) is 3.85. The topological polar surface area (TPSA) is 60.9 Å². The molecule has 0 amide bonds. The maximum atomic E-state index is 14.4. The van der Waals surface area contributed by atoms with Gasteiger partial charge in [-0.3, -0.25) is 0 Å². The van der Waals surface area contributed by atoms with E-state index in [-0.39, 0.29) is 11.3 Å². The molecular weight excluding hydrogens is 390 g/mol. The van der Waals surface area contributed by atoms with Gasteiger partial charge >= 0.3 is 5.97 Å². The van der Waals surface area contributed by atoms with Gasteiger partial charge in [0.25, 0.3) is 0 Å². The van der Waals surface area contributed by atoms with Gasteiger partial charge in [-0.05, 0) is 32.9 Å². The van der Waals surface area contributed by atoms with Gasteiger partial charge in [0, 0.05) is 24.0 Å². The number of benzene rings is 1. The summed E-state index contributed by atoms with van der Waals surface area (Å²) in [4.78, 5) is 18.5. The Hall–Kier alpha value is -2.26. The van der Waals surface area contributed by atoms with Crippen LogP contribution in [0.3, 0.4) is 0 Å². The third-order valence-corrected chi connectivity index (χ3v) is 4.76. The number of aromatic nitrogens is 1. The number of hydrogen-bond acceptors (Lipinski definition) is 7. The molecule has 6 nitrogen and oxygen atoms in total. The molecule has 2 heterocycles. The van der Waals surface area contributed by atoms with E-state index in [1.807, 2.05) is 0 Å². The fourth-order valence-electron chi connectivity index (χ4n) is 2.66. The first-order valence-electron chi connectivity index (χ1n) is 8.86. The number of nitrogens with zero attached hydrogens (tertiary/aromatic N) is 2. The van der Waals surface area contributed by atoms with Crippen LogP contribution in [0.4, 0.5) is 13.9 Å². The molecule has 9 heteroatoms. The Labute approximate surface area is 166 Å². The molecule has 152 valence electrons. The lowest BCUT2D eigenvalue weighted by atomic mass is 10.1. The molecule has 0 aliphatic carbocycles. The monoisotopic (exact) mass is 412 g/mol. The van der Waals surface area contributed by atoms with Crippen LogP contribution < -0.4 is 9.64 Å². The second kappa shape index (κ2) is 8.40. The van der Waals surface area contributed by atoms with Gasteiger partial charge in [0.15, 0.2) is 23.3 Å². The number of halogens is 2. The van der Waals surface area contributed by atoms with Gasteiger partial charge in [0.05, 0.1) is 18.9 Å². The molecule has 0 atom stereocenters. The molecule has 0 radical (unpaired) electrons. The quantitative estimate of drug-likeness (QED) is 0.699. The lowest BCUT2D eigenvalue weighted by Gasteiger charge is -2.26. The summed E-state index contributed by atoms with van der Waals surface area (Å²) in [7, 11) is 0. The molecule has 1 aliphatic rings. The van der Waals surface area contributed by atoms with Gasteiger partial charge in [-0.2, -0.15) is 4.39 Å². The lowest BCUT2D eigenvalue weighted by molar-refractivity contribution is -0.157. The Morgan fingerprint density at radius 1 is 1.29 bits per heavy atom. The zero-order chi connectivity index (χ0) is 20.3. The summed E-state index contributed by atoms with van der Waals surface area (Å²) in [5.74, 6) is -3.26. The molecule has 2 aromatic rings. The predicted octanol–water partition coefficient (Wildman–Crippen LogP) is 3.65. The Balaban J connectivity index is 1.82. The third kappa shape index (κ3) is 4.96. The number of carbonyl (C=O) groups excluding carboxylic acids is 1. The zero-order valence-electron chi connectivity index (χ0n) is 16.0. The van der Waals surface area contributed by atoms with E-state index in [0.717, 1.165) is 11.2 Å². The molecule has 28 heavy (non-hydrogen) atoms. The van der Waals surface area contributed by atoms with Crippen molar-refractivity contribution in [1.29, 1.82) is 0 Å². The second-order valence-electron chi connectivity index (χ2n) is 7.23. The lowest BCUT2D eigenvalue weighted by Crippen LogP contribution is -2.36. The Morgan fingerprint density at radius 3 is 2.68 bits per heavy atom. The summed E-state index contributed by atoms with van der Waals surface area (Å²) in [6.45, 7) is 7.25. The van der Waals surface area contributed by atoms with Crippen molar-refractivity contribution >= 4 is 22.4 Å². The van der Waals surface area contributed by atoms with Gasteiger partial charge in [0.2, 0.25) is 5.82 Å². The standard InChI is InChI=1S/C19H22F2N2O4S/c1-19(2,3)27-15(24)10-26-17-12(4-5-13(20)16(17)21)14-11-28-18(22-14)23-6-8-25-9-7-23/h4-5,11H,6-10H2,1-3H3. The summed E-state index contributed by atoms with van der Waals surface area (Å²) in [6, 6.07) is 2.40. The van der Waals surface area contributed by atoms with Gasteiger partial charge in [0.1, 0.15) is 5.60 Å². The average molecular weight is 412 g/mol. The maximum absolute atomic E-state index is 14.4. The summed E-state index contributed by atoms with van der Waals surface area (Å²) in [6.07, 6.45) is 0. The van der Waals surface area contributed by atoms with Crippen LogP contribution in [0.1, 0.15) is 20.8 Å². The van der Waals surface area contributed by atoms with E-state index >= 15 is 0 Å². The van der Waals surface area contributed by atoms with Crippen molar-refractivity contribution in [2.45, 2.75) is 26.4 Å². The average Bonchev–Trinajstić information content (AvgIpc) is 3.12. The summed E-state index contributed by atoms with van der Waals surface area (Å²) in [5.41, 5.74) is 0.0222. The van der Waals surface area contributed by atoms with Crippen LogP contribution >= 0.6 is 11.3 Å². The molecule has 3 rings (SSSR count). The van der Waals surface area contributed by atoms with Crippen LogP contribution in [0, 0.1) is 11.6 Å². The maximum Gasteiger partial charge on any atom is 0.344 e. The highest BCUT2D eigenvalue weighted by Crippen LogP contribution is 2.36. The first-order valence-corrected chi connectivity index (χ1v) is 9.74. The number of carbonyl (C=O) groups is 1. The molecule has 0 saturated carbocycles. The van der Waals surface area contributed by atoms with Crippen LogP contribution in [0.25, 0.3) is 11.3 Å². The minimum absolute atomic E-state index is 0.276. The molecule has 0 unspecified atom stereocenters. The van der Waals surface area contributed by atoms with Crippen LogP contribution in [0.2, 0.25) is 0 Å². The minimum atomic E-state index is -1.16. The number of morpholine rings is 1. The van der Waals surface area contributed by atoms with Crippen molar-refractivity contribution in [1.82, 2.24) is 4.98 Å².